The second-order valence-corrected chi connectivity index (χ2v) is 5.02. The van der Waals surface area contributed by atoms with Gasteiger partial charge in [-0.3, -0.25) is 4.79 Å². The third-order valence-corrected chi connectivity index (χ3v) is 3.29. The lowest BCUT2D eigenvalue weighted by Crippen LogP contribution is -2.07. The maximum Gasteiger partial charge on any atom is 0.338 e. The Labute approximate surface area is 122 Å². The number of ketones is 1. The zero-order valence-corrected chi connectivity index (χ0v) is 12.7. The number of hydrogen-bond donors (Lipinski definition) is 0. The molecular weight excluding hydrogens is 308 g/mol. The summed E-state index contributed by atoms with van der Waals surface area (Å²) >= 11 is 3.37. The molecule has 0 aliphatic rings. The van der Waals surface area contributed by atoms with Crippen LogP contribution >= 0.6 is 15.9 Å². The predicted molar refractivity (Wildman–Crippen MR) is 79.0 cm³/mol. The van der Waals surface area contributed by atoms with Crippen LogP contribution in [0.5, 0.6) is 0 Å². The summed E-state index contributed by atoms with van der Waals surface area (Å²) in [6.45, 7) is 2.10. The van der Waals surface area contributed by atoms with Gasteiger partial charge in [0.2, 0.25) is 0 Å². The van der Waals surface area contributed by atoms with Gasteiger partial charge < -0.3 is 4.74 Å². The number of carbonyl (C=O) groups excluding carboxylic acids is 2. The molecule has 0 atom stereocenters. The molecule has 4 heteroatoms. The fourth-order valence-electron chi connectivity index (χ4n) is 1.74. The zero-order valence-electron chi connectivity index (χ0n) is 11.2. The highest BCUT2D eigenvalue weighted by atomic mass is 79.9. The molecule has 0 heterocycles. The zero-order chi connectivity index (χ0) is 14.1. The van der Waals surface area contributed by atoms with Crippen LogP contribution in [0.4, 0.5) is 0 Å². The van der Waals surface area contributed by atoms with Crippen LogP contribution in [0.3, 0.4) is 0 Å². The van der Waals surface area contributed by atoms with Crippen LogP contribution in [0.2, 0.25) is 0 Å². The molecule has 1 aromatic rings. The van der Waals surface area contributed by atoms with Gasteiger partial charge >= 0.3 is 5.97 Å². The van der Waals surface area contributed by atoms with Crippen molar-refractivity contribution >= 4 is 27.7 Å². The van der Waals surface area contributed by atoms with Crippen molar-refractivity contribution in [3.05, 3.63) is 35.4 Å². The van der Waals surface area contributed by atoms with Crippen LogP contribution in [-0.4, -0.2) is 23.7 Å². The second kappa shape index (κ2) is 8.86. The smallest absolute Gasteiger partial charge is 0.338 e. The first-order valence-electron chi connectivity index (χ1n) is 6.55. The Kier molecular flexibility index (Phi) is 7.41. The Morgan fingerprint density at radius 3 is 2.58 bits per heavy atom. The number of Topliss-reactive ketones (excluding diaryl/α,β-unsaturated/α-hetero) is 1. The lowest BCUT2D eigenvalue weighted by Gasteiger charge is -2.04. The van der Waals surface area contributed by atoms with E-state index in [9.17, 15) is 9.59 Å². The number of benzene rings is 1. The molecule has 0 unspecified atom stereocenters. The highest BCUT2D eigenvalue weighted by Crippen LogP contribution is 2.12. The molecule has 0 saturated heterocycles. The van der Waals surface area contributed by atoms with Crippen molar-refractivity contribution in [3.8, 4) is 0 Å². The third-order valence-electron chi connectivity index (χ3n) is 2.73. The quantitative estimate of drug-likeness (QED) is 0.314. The summed E-state index contributed by atoms with van der Waals surface area (Å²) in [6.07, 6.45) is 3.53. The van der Waals surface area contributed by atoms with Crippen LogP contribution in [0.1, 0.15) is 53.3 Å². The Balaban J connectivity index is 2.60. The van der Waals surface area contributed by atoms with E-state index in [0.29, 0.717) is 24.2 Å². The molecule has 19 heavy (non-hydrogen) atoms. The van der Waals surface area contributed by atoms with Gasteiger partial charge in [-0.05, 0) is 31.9 Å². The molecule has 0 amide bonds. The number of esters is 1. The second-order valence-electron chi connectivity index (χ2n) is 4.22. The lowest BCUT2D eigenvalue weighted by molar-refractivity contribution is 0.0526. The fraction of sp³-hybridized carbons (Fsp3) is 0.467. The van der Waals surface area contributed by atoms with Gasteiger partial charge in [-0.2, -0.15) is 0 Å². The average molecular weight is 327 g/mol. The maximum absolute atomic E-state index is 12.0. The van der Waals surface area contributed by atoms with Crippen molar-refractivity contribution in [2.45, 2.75) is 32.6 Å². The monoisotopic (exact) mass is 326 g/mol. The minimum atomic E-state index is -0.378. The Morgan fingerprint density at radius 1 is 1.16 bits per heavy atom. The van der Waals surface area contributed by atoms with Gasteiger partial charge in [0.15, 0.2) is 5.78 Å². The van der Waals surface area contributed by atoms with Crippen LogP contribution in [0.25, 0.3) is 0 Å². The normalized spacial score (nSPS) is 10.2. The molecule has 3 nitrogen and oxygen atoms in total. The minimum Gasteiger partial charge on any atom is -0.462 e. The summed E-state index contributed by atoms with van der Waals surface area (Å²) in [5.74, 6) is -0.294. The number of alkyl halides is 1. The van der Waals surface area contributed by atoms with E-state index in [1.807, 2.05) is 0 Å². The summed E-state index contributed by atoms with van der Waals surface area (Å²) < 4.78 is 4.92. The van der Waals surface area contributed by atoms with Crippen molar-refractivity contribution in [1.29, 1.82) is 0 Å². The van der Waals surface area contributed by atoms with Gasteiger partial charge in [-0.15, -0.1) is 0 Å². The molecule has 0 aliphatic carbocycles. The predicted octanol–water partition coefficient (Wildman–Crippen LogP) is 4.00. The van der Waals surface area contributed by atoms with Gasteiger partial charge in [0.05, 0.1) is 12.2 Å². The molecule has 1 rings (SSSR count). The van der Waals surface area contributed by atoms with E-state index in [2.05, 4.69) is 15.9 Å². The first kappa shape index (κ1) is 15.9. The van der Waals surface area contributed by atoms with E-state index in [1.165, 1.54) is 0 Å². The van der Waals surface area contributed by atoms with E-state index in [0.717, 1.165) is 24.6 Å². The summed E-state index contributed by atoms with van der Waals surface area (Å²) in [7, 11) is 0. The summed E-state index contributed by atoms with van der Waals surface area (Å²) in [5, 5.41) is 0.972. The molecule has 0 spiro atoms. The molecule has 0 aliphatic heterocycles. The van der Waals surface area contributed by atoms with Crippen molar-refractivity contribution < 1.29 is 14.3 Å². The molecular formula is C15H19BrO3. The summed E-state index contributed by atoms with van der Waals surface area (Å²) in [5.41, 5.74) is 1.03. The summed E-state index contributed by atoms with van der Waals surface area (Å²) in [4.78, 5) is 23.6. The number of hydrogen-bond acceptors (Lipinski definition) is 3. The van der Waals surface area contributed by atoms with E-state index in [-0.39, 0.29) is 11.8 Å². The molecule has 0 bridgehead atoms. The van der Waals surface area contributed by atoms with Gasteiger partial charge in [0, 0.05) is 17.3 Å². The highest BCUT2D eigenvalue weighted by molar-refractivity contribution is 9.09. The van der Waals surface area contributed by atoms with Gasteiger partial charge in [0.1, 0.15) is 0 Å². The van der Waals surface area contributed by atoms with Crippen LogP contribution in [0.15, 0.2) is 24.3 Å². The Bertz CT molecular complexity index is 429. The van der Waals surface area contributed by atoms with Crippen LogP contribution < -0.4 is 0 Å². The van der Waals surface area contributed by atoms with Gasteiger partial charge in [-0.25, -0.2) is 4.79 Å². The van der Waals surface area contributed by atoms with Crippen molar-refractivity contribution in [1.82, 2.24) is 0 Å². The highest BCUT2D eigenvalue weighted by Gasteiger charge is 2.10. The largest absolute Gasteiger partial charge is 0.462 e. The fourth-order valence-corrected chi connectivity index (χ4v) is 2.13. The number of halogens is 1. The lowest BCUT2D eigenvalue weighted by atomic mass is 10.0. The first-order chi connectivity index (χ1) is 9.19. The number of unbranched alkanes of at least 4 members (excludes halogenated alkanes) is 2. The maximum atomic E-state index is 12.0. The van der Waals surface area contributed by atoms with E-state index in [4.69, 9.17) is 4.74 Å². The van der Waals surface area contributed by atoms with E-state index >= 15 is 0 Å². The Hall–Kier alpha value is -1.16. The van der Waals surface area contributed by atoms with Crippen molar-refractivity contribution in [2.24, 2.45) is 0 Å². The van der Waals surface area contributed by atoms with Gasteiger partial charge in [0.25, 0.3) is 0 Å². The topological polar surface area (TPSA) is 43.4 Å². The van der Waals surface area contributed by atoms with Crippen LogP contribution in [-0.2, 0) is 4.74 Å². The molecule has 1 aromatic carbocycles. The standard InChI is InChI=1S/C15H19BrO3/c1-2-19-15(18)13-8-6-7-12(11-13)14(17)9-4-3-5-10-16/h6-8,11H,2-5,9-10H2,1H3. The SMILES string of the molecule is CCOC(=O)c1cccc(C(=O)CCCCCBr)c1. The van der Waals surface area contributed by atoms with Crippen LogP contribution in [0, 0.1) is 0 Å². The Morgan fingerprint density at radius 2 is 1.89 bits per heavy atom. The molecule has 0 saturated carbocycles. The molecule has 0 N–H and O–H groups in total. The van der Waals surface area contributed by atoms with E-state index < -0.39 is 0 Å². The van der Waals surface area contributed by atoms with Crippen molar-refractivity contribution in [3.63, 3.8) is 0 Å². The molecule has 0 radical (unpaired) electrons. The molecule has 104 valence electrons. The average Bonchev–Trinajstić information content (AvgIpc) is 2.44. The van der Waals surface area contributed by atoms with Gasteiger partial charge in [-0.1, -0.05) is 34.5 Å². The van der Waals surface area contributed by atoms with Crippen molar-refractivity contribution in [2.75, 3.05) is 11.9 Å². The minimum absolute atomic E-state index is 0.0840. The number of carbonyl (C=O) groups is 2. The number of rotatable bonds is 8. The molecule has 0 aromatic heterocycles. The third kappa shape index (κ3) is 5.55. The molecule has 0 fully saturated rings. The first-order valence-corrected chi connectivity index (χ1v) is 7.67. The number of ether oxygens (including phenoxy) is 1. The summed E-state index contributed by atoms with van der Waals surface area (Å²) in [6, 6.07) is 6.75. The van der Waals surface area contributed by atoms with E-state index in [1.54, 1.807) is 31.2 Å².